The zero-order valence-electron chi connectivity index (χ0n) is 15.9. The van der Waals surface area contributed by atoms with Gasteiger partial charge in [0.1, 0.15) is 5.75 Å². The largest absolute Gasteiger partial charge is 0.482 e. The lowest BCUT2D eigenvalue weighted by Crippen LogP contribution is -2.15. The Kier molecular flexibility index (Phi) is 5.49. The van der Waals surface area contributed by atoms with Gasteiger partial charge in [-0.25, -0.2) is 4.79 Å². The summed E-state index contributed by atoms with van der Waals surface area (Å²) >= 11 is 0. The van der Waals surface area contributed by atoms with Crippen LogP contribution in [0.15, 0.2) is 42.5 Å². The topological polar surface area (TPSA) is 75.6 Å². The lowest BCUT2D eigenvalue weighted by molar-refractivity contribution is -0.139. The maximum Gasteiger partial charge on any atom is 0.341 e. The van der Waals surface area contributed by atoms with Crippen LogP contribution in [0, 0.1) is 12.8 Å². The molecule has 2 N–H and O–H groups in total. The molecule has 5 nitrogen and oxygen atoms in total. The predicted octanol–water partition coefficient (Wildman–Crippen LogP) is 4.32. The van der Waals surface area contributed by atoms with Crippen LogP contribution in [0.4, 0.5) is 5.69 Å². The van der Waals surface area contributed by atoms with E-state index >= 15 is 0 Å². The van der Waals surface area contributed by atoms with Crippen LogP contribution in [-0.2, 0) is 9.59 Å². The van der Waals surface area contributed by atoms with Gasteiger partial charge in [0.2, 0.25) is 5.91 Å². The van der Waals surface area contributed by atoms with Gasteiger partial charge in [0.05, 0.1) is 0 Å². The van der Waals surface area contributed by atoms with Crippen LogP contribution in [0.3, 0.4) is 0 Å². The van der Waals surface area contributed by atoms with Crippen molar-refractivity contribution in [3.63, 3.8) is 0 Å². The van der Waals surface area contributed by atoms with E-state index in [0.717, 1.165) is 17.7 Å². The van der Waals surface area contributed by atoms with Gasteiger partial charge in [0.15, 0.2) is 6.61 Å². The molecule has 0 radical (unpaired) electrons. The molecule has 3 rings (SSSR count). The van der Waals surface area contributed by atoms with E-state index in [1.807, 2.05) is 6.92 Å². The van der Waals surface area contributed by atoms with Crippen LogP contribution in [0.1, 0.15) is 48.8 Å². The fourth-order valence-corrected chi connectivity index (χ4v) is 3.22. The summed E-state index contributed by atoms with van der Waals surface area (Å²) in [5.41, 5.74) is 4.09. The monoisotopic (exact) mass is 367 g/mol. The number of hydrogen-bond acceptors (Lipinski definition) is 3. The van der Waals surface area contributed by atoms with E-state index in [2.05, 4.69) is 43.4 Å². The minimum atomic E-state index is -1.02. The maximum atomic E-state index is 12.6. The minimum absolute atomic E-state index is 0.00256. The molecule has 5 heteroatoms. The molecular formula is C22H25NO4. The highest BCUT2D eigenvalue weighted by Crippen LogP contribution is 2.48. The van der Waals surface area contributed by atoms with Crippen LogP contribution in [-0.4, -0.2) is 23.6 Å². The Morgan fingerprint density at radius 2 is 1.89 bits per heavy atom. The second-order valence-corrected chi connectivity index (χ2v) is 7.42. The van der Waals surface area contributed by atoms with Crippen molar-refractivity contribution in [3.8, 4) is 5.75 Å². The van der Waals surface area contributed by atoms with E-state index in [1.54, 1.807) is 18.2 Å². The number of amides is 1. The highest BCUT2D eigenvalue weighted by Gasteiger charge is 2.43. The van der Waals surface area contributed by atoms with Crippen molar-refractivity contribution in [1.29, 1.82) is 0 Å². The molecule has 142 valence electrons. The second-order valence-electron chi connectivity index (χ2n) is 7.42. The molecule has 1 saturated carbocycles. The third kappa shape index (κ3) is 4.67. The second kappa shape index (κ2) is 7.82. The summed E-state index contributed by atoms with van der Waals surface area (Å²) in [7, 11) is 0. The lowest BCUT2D eigenvalue weighted by Gasteiger charge is -2.11. The molecule has 0 heterocycles. The molecule has 0 aliphatic heterocycles. The Bertz CT molecular complexity index is 842. The Morgan fingerprint density at radius 1 is 1.19 bits per heavy atom. The van der Waals surface area contributed by atoms with Gasteiger partial charge in [-0.05, 0) is 60.1 Å². The van der Waals surface area contributed by atoms with Gasteiger partial charge < -0.3 is 15.2 Å². The SMILES string of the molecule is Cc1cc(OCC(=O)O)ccc1NC(=O)C1CC1c1ccc(C(C)C)cc1. The zero-order valence-corrected chi connectivity index (χ0v) is 15.9. The number of rotatable bonds is 7. The van der Waals surface area contributed by atoms with Crippen molar-refractivity contribution in [3.05, 3.63) is 59.2 Å². The summed E-state index contributed by atoms with van der Waals surface area (Å²) in [5, 5.41) is 11.6. The van der Waals surface area contributed by atoms with E-state index in [-0.39, 0.29) is 24.3 Å². The number of carbonyl (C=O) groups excluding carboxylic acids is 1. The molecule has 1 amide bonds. The van der Waals surface area contributed by atoms with Crippen molar-refractivity contribution in [1.82, 2.24) is 0 Å². The van der Waals surface area contributed by atoms with Crippen molar-refractivity contribution in [2.75, 3.05) is 11.9 Å². The summed E-state index contributed by atoms with van der Waals surface area (Å²) < 4.78 is 5.16. The fourth-order valence-electron chi connectivity index (χ4n) is 3.22. The first-order valence-electron chi connectivity index (χ1n) is 9.21. The lowest BCUT2D eigenvalue weighted by atomic mass is 10.00. The first-order valence-corrected chi connectivity index (χ1v) is 9.21. The molecule has 0 spiro atoms. The molecule has 0 bridgehead atoms. The van der Waals surface area contributed by atoms with Crippen molar-refractivity contribution in [2.24, 2.45) is 5.92 Å². The Hall–Kier alpha value is -2.82. The normalized spacial score (nSPS) is 18.2. The molecule has 0 aromatic heterocycles. The molecular weight excluding hydrogens is 342 g/mol. The van der Waals surface area contributed by atoms with Gasteiger partial charge in [0, 0.05) is 11.6 Å². The van der Waals surface area contributed by atoms with Crippen molar-refractivity contribution < 1.29 is 19.4 Å². The number of ether oxygens (including phenoxy) is 1. The van der Waals surface area contributed by atoms with Gasteiger partial charge in [-0.15, -0.1) is 0 Å². The summed E-state index contributed by atoms with van der Waals surface area (Å²) in [6.07, 6.45) is 0.867. The highest BCUT2D eigenvalue weighted by atomic mass is 16.5. The first-order chi connectivity index (χ1) is 12.8. The predicted molar refractivity (Wildman–Crippen MR) is 104 cm³/mol. The van der Waals surface area contributed by atoms with E-state index in [1.165, 1.54) is 11.1 Å². The zero-order chi connectivity index (χ0) is 19.6. The number of nitrogens with one attached hydrogen (secondary N) is 1. The molecule has 2 aromatic carbocycles. The van der Waals surface area contributed by atoms with Gasteiger partial charge >= 0.3 is 5.97 Å². The van der Waals surface area contributed by atoms with Crippen LogP contribution in [0.5, 0.6) is 5.75 Å². The number of benzene rings is 2. The number of carbonyl (C=O) groups is 2. The quantitative estimate of drug-likeness (QED) is 0.764. The Morgan fingerprint density at radius 3 is 2.48 bits per heavy atom. The average molecular weight is 367 g/mol. The van der Waals surface area contributed by atoms with Gasteiger partial charge in [-0.2, -0.15) is 0 Å². The molecule has 1 aliphatic carbocycles. The molecule has 0 saturated heterocycles. The molecule has 1 fully saturated rings. The van der Waals surface area contributed by atoms with Crippen molar-refractivity contribution >= 4 is 17.6 Å². The molecule has 2 unspecified atom stereocenters. The average Bonchev–Trinajstić information content (AvgIpc) is 3.43. The van der Waals surface area contributed by atoms with E-state index in [9.17, 15) is 9.59 Å². The molecule has 27 heavy (non-hydrogen) atoms. The number of hydrogen-bond donors (Lipinski definition) is 2. The fraction of sp³-hybridized carbons (Fsp3) is 0.364. The minimum Gasteiger partial charge on any atom is -0.482 e. The number of aryl methyl sites for hydroxylation is 1. The van der Waals surface area contributed by atoms with Gasteiger partial charge in [0.25, 0.3) is 0 Å². The van der Waals surface area contributed by atoms with E-state index in [4.69, 9.17) is 9.84 Å². The molecule has 2 atom stereocenters. The smallest absolute Gasteiger partial charge is 0.341 e. The highest BCUT2D eigenvalue weighted by molar-refractivity contribution is 5.95. The van der Waals surface area contributed by atoms with Crippen molar-refractivity contribution in [2.45, 2.75) is 39.0 Å². The van der Waals surface area contributed by atoms with Gasteiger partial charge in [-0.3, -0.25) is 4.79 Å². The van der Waals surface area contributed by atoms with Crippen LogP contribution in [0.2, 0.25) is 0 Å². The van der Waals surface area contributed by atoms with E-state index in [0.29, 0.717) is 11.7 Å². The Labute approximate surface area is 159 Å². The standard InChI is InChI=1S/C22H25NO4/c1-13(2)15-4-6-16(7-5-15)18-11-19(18)22(26)23-20-9-8-17(10-14(20)3)27-12-21(24)25/h4-10,13,18-19H,11-12H2,1-3H3,(H,23,26)(H,24,25). The number of aliphatic carboxylic acids is 1. The molecule has 1 aliphatic rings. The maximum absolute atomic E-state index is 12.6. The van der Waals surface area contributed by atoms with Crippen LogP contribution in [0.25, 0.3) is 0 Å². The van der Waals surface area contributed by atoms with Gasteiger partial charge in [-0.1, -0.05) is 38.1 Å². The number of carboxylic acids is 1. The number of anilines is 1. The third-order valence-electron chi connectivity index (χ3n) is 4.98. The van der Waals surface area contributed by atoms with Crippen LogP contribution >= 0.6 is 0 Å². The summed E-state index contributed by atoms with van der Waals surface area (Å²) in [6, 6.07) is 13.7. The Balaban J connectivity index is 1.59. The number of carboxylic acid groups (broad SMARTS) is 1. The summed E-state index contributed by atoms with van der Waals surface area (Å²) in [5.74, 6) is 0.258. The van der Waals surface area contributed by atoms with E-state index < -0.39 is 5.97 Å². The summed E-state index contributed by atoms with van der Waals surface area (Å²) in [6.45, 7) is 5.81. The summed E-state index contributed by atoms with van der Waals surface area (Å²) in [4.78, 5) is 23.1. The third-order valence-corrected chi connectivity index (χ3v) is 4.98. The van der Waals surface area contributed by atoms with Crippen LogP contribution < -0.4 is 10.1 Å². The molecule has 2 aromatic rings. The first kappa shape index (κ1) is 19.0.